The molecule has 0 saturated heterocycles. The van der Waals surface area contributed by atoms with Gasteiger partial charge >= 0.3 is 0 Å². The first kappa shape index (κ1) is 11.9. The molecule has 0 bridgehead atoms. The van der Waals surface area contributed by atoms with Gasteiger partial charge in [-0.1, -0.05) is 11.6 Å². The van der Waals surface area contributed by atoms with E-state index in [1.54, 1.807) is 0 Å². The summed E-state index contributed by atoms with van der Waals surface area (Å²) in [6, 6.07) is 0. The van der Waals surface area contributed by atoms with E-state index in [2.05, 4.69) is 12.6 Å². The first-order chi connectivity index (χ1) is 5.66. The van der Waals surface area contributed by atoms with Crippen molar-refractivity contribution in [1.82, 2.24) is 0 Å². The minimum absolute atomic E-state index is 0.369. The molecule has 12 heavy (non-hydrogen) atoms. The van der Waals surface area contributed by atoms with Crippen molar-refractivity contribution in [3.05, 3.63) is 11.6 Å². The third-order valence-corrected chi connectivity index (χ3v) is 2.18. The summed E-state index contributed by atoms with van der Waals surface area (Å²) in [6.07, 6.45) is 1.53. The van der Waals surface area contributed by atoms with E-state index in [0.29, 0.717) is 11.3 Å². The second kappa shape index (κ2) is 5.51. The van der Waals surface area contributed by atoms with E-state index in [0.717, 1.165) is 0 Å². The Kier molecular flexibility index (Phi) is 5.46. The first-order valence-electron chi connectivity index (χ1n) is 3.63. The van der Waals surface area contributed by atoms with Gasteiger partial charge in [0.2, 0.25) is 0 Å². The highest BCUT2D eigenvalue weighted by Crippen LogP contribution is 2.29. The summed E-state index contributed by atoms with van der Waals surface area (Å²) in [4.78, 5) is 0. The van der Waals surface area contributed by atoms with E-state index in [9.17, 15) is 13.2 Å². The van der Waals surface area contributed by atoms with E-state index >= 15 is 0 Å². The molecule has 0 nitrogen and oxygen atoms in total. The monoisotopic (exact) mass is 198 g/mol. The highest BCUT2D eigenvalue weighted by molar-refractivity contribution is 7.80. The van der Waals surface area contributed by atoms with Crippen LogP contribution in [0.2, 0.25) is 0 Å². The van der Waals surface area contributed by atoms with E-state index in [1.165, 1.54) is 13.0 Å². The minimum Gasteiger partial charge on any atom is -0.250 e. The van der Waals surface area contributed by atoms with Crippen LogP contribution in [0.3, 0.4) is 0 Å². The molecule has 0 aromatic rings. The number of thiol groups is 1. The van der Waals surface area contributed by atoms with Gasteiger partial charge < -0.3 is 0 Å². The van der Waals surface area contributed by atoms with Crippen LogP contribution in [0, 0.1) is 5.41 Å². The number of hydrogen-bond acceptors (Lipinski definition) is 1. The van der Waals surface area contributed by atoms with Gasteiger partial charge in [-0.05, 0) is 6.92 Å². The Balaban J connectivity index is 4.58. The third-order valence-electron chi connectivity index (χ3n) is 2.00. The number of alkyl halides is 3. The predicted octanol–water partition coefficient (Wildman–Crippen LogP) is 2.76. The smallest absolute Gasteiger partial charge is 0.104 e. The van der Waals surface area contributed by atoms with Gasteiger partial charge in [0.05, 0.1) is 5.41 Å². The molecule has 72 valence electrons. The molecule has 0 amide bonds. The lowest BCUT2D eigenvalue weighted by atomic mass is 9.85. The molecule has 0 atom stereocenters. The van der Waals surface area contributed by atoms with E-state index in [4.69, 9.17) is 0 Å². The lowest BCUT2D eigenvalue weighted by Crippen LogP contribution is -2.30. The zero-order valence-electron chi connectivity index (χ0n) is 6.99. The number of hydrogen-bond donors (Lipinski definition) is 1. The van der Waals surface area contributed by atoms with Gasteiger partial charge in [-0.2, -0.15) is 12.6 Å². The van der Waals surface area contributed by atoms with Crippen LogP contribution in [0.25, 0.3) is 0 Å². The fourth-order valence-corrected chi connectivity index (χ4v) is 1.05. The Labute approximate surface area is 76.3 Å². The standard InChI is InChI=1S/C8H13F3S/c1-7(2-3-12)8(4-9,5-10)6-11/h2,12H,3-6H2,1H3. The lowest BCUT2D eigenvalue weighted by molar-refractivity contribution is 0.151. The van der Waals surface area contributed by atoms with Crippen LogP contribution in [0.4, 0.5) is 13.2 Å². The van der Waals surface area contributed by atoms with E-state index < -0.39 is 25.4 Å². The number of halogens is 3. The van der Waals surface area contributed by atoms with Crippen LogP contribution < -0.4 is 0 Å². The van der Waals surface area contributed by atoms with Crippen molar-refractivity contribution >= 4 is 12.6 Å². The van der Waals surface area contributed by atoms with Gasteiger partial charge in [0.1, 0.15) is 20.0 Å². The average molecular weight is 198 g/mol. The van der Waals surface area contributed by atoms with Crippen LogP contribution in [0.15, 0.2) is 11.6 Å². The molecule has 0 radical (unpaired) electrons. The molecule has 0 spiro atoms. The molecule has 0 unspecified atom stereocenters. The average Bonchev–Trinajstić information content (AvgIpc) is 2.09. The van der Waals surface area contributed by atoms with Crippen LogP contribution in [-0.2, 0) is 0 Å². The van der Waals surface area contributed by atoms with Crippen LogP contribution >= 0.6 is 12.6 Å². The van der Waals surface area contributed by atoms with Gasteiger partial charge in [-0.3, -0.25) is 0 Å². The van der Waals surface area contributed by atoms with Gasteiger partial charge in [0, 0.05) is 5.75 Å². The maximum Gasteiger partial charge on any atom is 0.104 e. The Morgan fingerprint density at radius 2 is 1.67 bits per heavy atom. The van der Waals surface area contributed by atoms with Crippen molar-refractivity contribution in [3.63, 3.8) is 0 Å². The van der Waals surface area contributed by atoms with E-state index in [1.807, 2.05) is 0 Å². The highest BCUT2D eigenvalue weighted by atomic mass is 32.1. The lowest BCUT2D eigenvalue weighted by Gasteiger charge is -2.25. The van der Waals surface area contributed by atoms with Crippen LogP contribution in [0.1, 0.15) is 6.92 Å². The maximum absolute atomic E-state index is 12.3. The molecule has 0 aliphatic carbocycles. The first-order valence-corrected chi connectivity index (χ1v) is 4.26. The number of allylic oxidation sites excluding steroid dienone is 1. The fraction of sp³-hybridized carbons (Fsp3) is 0.750. The van der Waals surface area contributed by atoms with Crippen molar-refractivity contribution in [1.29, 1.82) is 0 Å². The molecule has 0 aromatic carbocycles. The molecule has 4 heteroatoms. The molecule has 0 fully saturated rings. The molecule has 0 aliphatic rings. The highest BCUT2D eigenvalue weighted by Gasteiger charge is 2.32. The second-order valence-electron chi connectivity index (χ2n) is 2.75. The van der Waals surface area contributed by atoms with Crippen molar-refractivity contribution in [2.24, 2.45) is 5.41 Å². The normalized spacial score (nSPS) is 13.6. The third kappa shape index (κ3) is 2.44. The molecule has 0 saturated carbocycles. The van der Waals surface area contributed by atoms with Gasteiger partial charge in [-0.25, -0.2) is 13.2 Å². The fourth-order valence-electron chi connectivity index (χ4n) is 0.777. The Hall–Kier alpha value is -0.120. The van der Waals surface area contributed by atoms with Crippen molar-refractivity contribution in [2.75, 3.05) is 25.8 Å². The van der Waals surface area contributed by atoms with Gasteiger partial charge in [0.15, 0.2) is 0 Å². The molecule has 0 rings (SSSR count). The minimum atomic E-state index is -1.55. The zero-order valence-corrected chi connectivity index (χ0v) is 7.88. The predicted molar refractivity (Wildman–Crippen MR) is 48.0 cm³/mol. The largest absolute Gasteiger partial charge is 0.250 e. The Morgan fingerprint density at radius 1 is 1.25 bits per heavy atom. The summed E-state index contributed by atoms with van der Waals surface area (Å²) in [7, 11) is 0. The second-order valence-corrected chi connectivity index (χ2v) is 3.12. The maximum atomic E-state index is 12.3. The molecule has 0 aliphatic heterocycles. The topological polar surface area (TPSA) is 0 Å². The molecule has 0 heterocycles. The van der Waals surface area contributed by atoms with E-state index in [-0.39, 0.29) is 0 Å². The molecule has 0 aromatic heterocycles. The molecular formula is C8H13F3S. The number of rotatable bonds is 5. The Morgan fingerprint density at radius 3 is 1.92 bits per heavy atom. The van der Waals surface area contributed by atoms with Crippen molar-refractivity contribution < 1.29 is 13.2 Å². The molecular weight excluding hydrogens is 185 g/mol. The van der Waals surface area contributed by atoms with Gasteiger partial charge in [0.25, 0.3) is 0 Å². The van der Waals surface area contributed by atoms with Crippen LogP contribution in [0.5, 0.6) is 0 Å². The summed E-state index contributed by atoms with van der Waals surface area (Å²) in [5.74, 6) is 0.369. The summed E-state index contributed by atoms with van der Waals surface area (Å²) in [5.41, 5.74) is -1.16. The Bertz CT molecular complexity index is 144. The van der Waals surface area contributed by atoms with Crippen molar-refractivity contribution in [2.45, 2.75) is 6.92 Å². The van der Waals surface area contributed by atoms with Crippen molar-refractivity contribution in [3.8, 4) is 0 Å². The summed E-state index contributed by atoms with van der Waals surface area (Å²) in [6.45, 7) is -1.49. The SMILES string of the molecule is CC(=CCS)C(CF)(CF)CF. The summed E-state index contributed by atoms with van der Waals surface area (Å²) >= 11 is 3.86. The quantitative estimate of drug-likeness (QED) is 0.509. The van der Waals surface area contributed by atoms with Crippen LogP contribution in [-0.4, -0.2) is 25.8 Å². The zero-order chi connectivity index (χ0) is 9.61. The summed E-state index contributed by atoms with van der Waals surface area (Å²) < 4.78 is 37.0. The van der Waals surface area contributed by atoms with Gasteiger partial charge in [-0.15, -0.1) is 0 Å². The molecule has 0 N–H and O–H groups in total. The summed E-state index contributed by atoms with van der Waals surface area (Å²) in [5, 5.41) is 0.